The van der Waals surface area contributed by atoms with Crippen molar-refractivity contribution in [1.82, 2.24) is 9.97 Å². The summed E-state index contributed by atoms with van der Waals surface area (Å²) in [4.78, 5) is 21.1. The fourth-order valence-corrected chi connectivity index (χ4v) is 3.94. The predicted molar refractivity (Wildman–Crippen MR) is 98.6 cm³/mol. The molecule has 0 amide bonds. The van der Waals surface area contributed by atoms with Crippen molar-refractivity contribution in [2.24, 2.45) is 0 Å². The van der Waals surface area contributed by atoms with Crippen LogP contribution in [0.25, 0.3) is 10.1 Å². The van der Waals surface area contributed by atoms with Crippen LogP contribution in [0.4, 0.5) is 5.82 Å². The number of hydrogen-bond donors (Lipinski definition) is 1. The van der Waals surface area contributed by atoms with Gasteiger partial charge >= 0.3 is 5.97 Å². The van der Waals surface area contributed by atoms with Crippen LogP contribution in [0, 0.1) is 0 Å². The maximum Gasteiger partial charge on any atom is 0.316 e. The van der Waals surface area contributed by atoms with Crippen LogP contribution in [-0.4, -0.2) is 28.8 Å². The van der Waals surface area contributed by atoms with Gasteiger partial charge in [-0.1, -0.05) is 30.0 Å². The number of esters is 1. The number of rotatable bonds is 6. The van der Waals surface area contributed by atoms with E-state index in [2.05, 4.69) is 45.1 Å². The molecule has 0 bridgehead atoms. The van der Waals surface area contributed by atoms with Gasteiger partial charge in [-0.05, 0) is 24.4 Å². The van der Waals surface area contributed by atoms with Crippen LogP contribution < -0.4 is 5.32 Å². The van der Waals surface area contributed by atoms with Gasteiger partial charge in [-0.25, -0.2) is 4.98 Å². The summed E-state index contributed by atoms with van der Waals surface area (Å²) in [5.74, 6) is 0.633. The van der Waals surface area contributed by atoms with Crippen molar-refractivity contribution < 1.29 is 9.53 Å². The van der Waals surface area contributed by atoms with Crippen LogP contribution in [0.1, 0.15) is 17.8 Å². The number of carbonyl (C=O) groups is 1. The first-order chi connectivity index (χ1) is 11.7. The maximum absolute atomic E-state index is 11.2. The molecule has 0 aliphatic carbocycles. The second-order valence-electron chi connectivity index (χ2n) is 5.16. The zero-order valence-electron chi connectivity index (χ0n) is 13.4. The number of fused-ring (bicyclic) bond motifs is 1. The molecule has 0 aliphatic heterocycles. The summed E-state index contributed by atoms with van der Waals surface area (Å²) in [6.07, 6.45) is 3.33. The molecule has 0 fully saturated rings. The summed E-state index contributed by atoms with van der Waals surface area (Å²) in [7, 11) is 1.37. The molecule has 3 rings (SSSR count). The predicted octanol–water partition coefficient (Wildman–Crippen LogP) is 4.13. The van der Waals surface area contributed by atoms with Gasteiger partial charge in [0.2, 0.25) is 0 Å². The summed E-state index contributed by atoms with van der Waals surface area (Å²) in [6.45, 7) is 2.10. The van der Waals surface area contributed by atoms with Gasteiger partial charge in [0.05, 0.1) is 31.3 Å². The fraction of sp³-hybridized carbons (Fsp3) is 0.235. The number of aromatic nitrogens is 2. The van der Waals surface area contributed by atoms with E-state index in [0.717, 1.165) is 0 Å². The highest BCUT2D eigenvalue weighted by molar-refractivity contribution is 7.99. The van der Waals surface area contributed by atoms with E-state index in [-0.39, 0.29) is 17.8 Å². The number of nitrogens with zero attached hydrogens (tertiary/aromatic N) is 2. The molecule has 0 saturated heterocycles. The molecule has 0 spiro atoms. The van der Waals surface area contributed by atoms with Gasteiger partial charge in [0.15, 0.2) is 0 Å². The Balaban J connectivity index is 1.69. The van der Waals surface area contributed by atoms with E-state index in [1.54, 1.807) is 23.7 Å². The van der Waals surface area contributed by atoms with Crippen LogP contribution >= 0.6 is 23.1 Å². The van der Waals surface area contributed by atoms with Gasteiger partial charge in [0.1, 0.15) is 10.8 Å². The molecule has 2 aromatic heterocycles. The van der Waals surface area contributed by atoms with Gasteiger partial charge in [-0.2, -0.15) is 0 Å². The molecule has 2 heterocycles. The van der Waals surface area contributed by atoms with Crippen molar-refractivity contribution in [2.75, 3.05) is 18.2 Å². The molecular formula is C17H17N3O2S2. The normalized spacial score (nSPS) is 12.1. The molecule has 1 aromatic carbocycles. The summed E-state index contributed by atoms with van der Waals surface area (Å²) >= 11 is 3.08. The zero-order chi connectivity index (χ0) is 16.9. The molecule has 124 valence electrons. The number of hydrogen-bond acceptors (Lipinski definition) is 7. The van der Waals surface area contributed by atoms with E-state index in [1.165, 1.54) is 33.8 Å². The number of thioether (sulfide) groups is 1. The molecule has 1 unspecified atom stereocenters. The average molecular weight is 359 g/mol. The maximum atomic E-state index is 11.2. The van der Waals surface area contributed by atoms with Crippen molar-refractivity contribution in [2.45, 2.75) is 18.0 Å². The first-order valence-corrected chi connectivity index (χ1v) is 9.22. The van der Waals surface area contributed by atoms with Crippen LogP contribution in [-0.2, 0) is 9.53 Å². The molecule has 7 heteroatoms. The van der Waals surface area contributed by atoms with Crippen LogP contribution in [0.3, 0.4) is 0 Å². The molecule has 0 saturated carbocycles. The molecule has 0 aliphatic rings. The molecule has 24 heavy (non-hydrogen) atoms. The van der Waals surface area contributed by atoms with Gasteiger partial charge in [-0.15, -0.1) is 11.3 Å². The minimum Gasteiger partial charge on any atom is -0.468 e. The lowest BCUT2D eigenvalue weighted by molar-refractivity contribution is -0.137. The Morgan fingerprint density at radius 3 is 3.00 bits per heavy atom. The van der Waals surface area contributed by atoms with Gasteiger partial charge in [-0.3, -0.25) is 9.78 Å². The second kappa shape index (κ2) is 7.63. The summed E-state index contributed by atoms with van der Waals surface area (Å²) < 4.78 is 5.90. The lowest BCUT2D eigenvalue weighted by Crippen LogP contribution is -2.07. The second-order valence-corrected chi connectivity index (χ2v) is 7.27. The third-order valence-electron chi connectivity index (χ3n) is 3.41. The Hall–Kier alpha value is -2.12. The Morgan fingerprint density at radius 2 is 2.21 bits per heavy atom. The number of carbonyl (C=O) groups excluding carboxylic acids is 1. The monoisotopic (exact) mass is 359 g/mol. The van der Waals surface area contributed by atoms with E-state index in [4.69, 9.17) is 0 Å². The van der Waals surface area contributed by atoms with E-state index in [9.17, 15) is 4.79 Å². The molecule has 0 radical (unpaired) electrons. The van der Waals surface area contributed by atoms with Crippen molar-refractivity contribution in [3.63, 3.8) is 0 Å². The van der Waals surface area contributed by atoms with Crippen molar-refractivity contribution in [3.8, 4) is 0 Å². The minimum absolute atomic E-state index is 0.123. The van der Waals surface area contributed by atoms with E-state index in [0.29, 0.717) is 10.8 Å². The molecule has 1 atom stereocenters. The third kappa shape index (κ3) is 4.04. The molecule has 1 N–H and O–H groups in total. The minimum atomic E-state index is -0.279. The van der Waals surface area contributed by atoms with Crippen molar-refractivity contribution in [1.29, 1.82) is 0 Å². The molecular weight excluding hydrogens is 342 g/mol. The first kappa shape index (κ1) is 16.7. The third-order valence-corrected chi connectivity index (χ3v) is 5.59. The quantitative estimate of drug-likeness (QED) is 0.527. The molecule has 5 nitrogen and oxygen atoms in total. The highest BCUT2D eigenvalue weighted by Crippen LogP contribution is 2.31. The molecule has 3 aromatic rings. The Labute approximate surface area is 148 Å². The Bertz CT molecular complexity index is 817. The highest BCUT2D eigenvalue weighted by Gasteiger charge is 2.11. The van der Waals surface area contributed by atoms with Crippen LogP contribution in [0.2, 0.25) is 0 Å². The first-order valence-electron chi connectivity index (χ1n) is 7.42. The Kier molecular flexibility index (Phi) is 5.32. The van der Waals surface area contributed by atoms with E-state index >= 15 is 0 Å². The number of methoxy groups -OCH3 is 1. The SMILES string of the molecule is COC(=O)CSc1cncc(NC(C)c2cc3ccccc3s2)n1. The van der Waals surface area contributed by atoms with Crippen LogP contribution in [0.15, 0.2) is 47.8 Å². The summed E-state index contributed by atoms with van der Waals surface area (Å²) in [5.41, 5.74) is 0. The van der Waals surface area contributed by atoms with Gasteiger partial charge in [0.25, 0.3) is 0 Å². The average Bonchev–Trinajstić information content (AvgIpc) is 3.04. The number of anilines is 1. The number of ether oxygens (including phenoxy) is 1. The van der Waals surface area contributed by atoms with Crippen molar-refractivity contribution in [3.05, 3.63) is 47.6 Å². The standard InChI is InChI=1S/C17H17N3O2S2/c1-11(14-7-12-5-3-4-6-13(12)24-14)19-15-8-18-9-16(20-15)23-10-17(21)22-2/h3-9,11H,10H2,1-2H3,(H,19,20). The largest absolute Gasteiger partial charge is 0.468 e. The van der Waals surface area contributed by atoms with E-state index in [1.807, 2.05) is 12.1 Å². The summed E-state index contributed by atoms with van der Waals surface area (Å²) in [6, 6.07) is 10.7. The van der Waals surface area contributed by atoms with Crippen LogP contribution in [0.5, 0.6) is 0 Å². The number of thiophene rings is 1. The van der Waals surface area contributed by atoms with Gasteiger partial charge < -0.3 is 10.1 Å². The number of benzene rings is 1. The lowest BCUT2D eigenvalue weighted by Gasteiger charge is -2.13. The smallest absolute Gasteiger partial charge is 0.316 e. The zero-order valence-corrected chi connectivity index (χ0v) is 15.0. The Morgan fingerprint density at radius 1 is 1.38 bits per heavy atom. The van der Waals surface area contributed by atoms with Crippen molar-refractivity contribution >= 4 is 45.0 Å². The summed E-state index contributed by atoms with van der Waals surface area (Å²) in [5, 5.41) is 5.31. The topological polar surface area (TPSA) is 64.1 Å². The lowest BCUT2D eigenvalue weighted by atomic mass is 10.2. The highest BCUT2D eigenvalue weighted by atomic mass is 32.2. The van der Waals surface area contributed by atoms with E-state index < -0.39 is 0 Å². The fourth-order valence-electron chi connectivity index (χ4n) is 2.19. The van der Waals surface area contributed by atoms with Gasteiger partial charge in [0, 0.05) is 9.58 Å². The number of nitrogens with one attached hydrogen (secondary N) is 1.